The molecule has 4 rings (SSSR count). The van der Waals surface area contributed by atoms with E-state index in [1.165, 1.54) is 11.0 Å². The second-order valence-electron chi connectivity index (χ2n) is 8.69. The summed E-state index contributed by atoms with van der Waals surface area (Å²) in [6, 6.07) is 6.35. The van der Waals surface area contributed by atoms with Gasteiger partial charge in [0.15, 0.2) is 0 Å². The Morgan fingerprint density at radius 3 is 2.49 bits per heavy atom. The number of hydrogen-bond donors (Lipinski definition) is 1. The van der Waals surface area contributed by atoms with E-state index in [1.807, 2.05) is 31.2 Å². The zero-order valence-corrected chi connectivity index (χ0v) is 19.7. The third-order valence-corrected chi connectivity index (χ3v) is 6.29. The minimum absolute atomic E-state index is 0.0424. The van der Waals surface area contributed by atoms with E-state index in [2.05, 4.69) is 10.3 Å². The summed E-state index contributed by atoms with van der Waals surface area (Å²) in [6.07, 6.45) is 3.67. The number of carbonyl (C=O) groups excluding carboxylic acids is 1. The molecule has 1 N–H and O–H groups in total. The van der Waals surface area contributed by atoms with E-state index in [0.717, 1.165) is 11.1 Å². The number of carbonyl (C=O) groups is 1. The normalized spacial score (nSPS) is 18.1. The Bertz CT molecular complexity index is 1230. The highest BCUT2D eigenvalue weighted by atomic mass is 19.1. The van der Waals surface area contributed by atoms with Crippen molar-refractivity contribution in [1.29, 1.82) is 0 Å². The maximum Gasteiger partial charge on any atom is 0.325 e. The number of benzene rings is 2. The molecule has 0 radical (unpaired) electrons. The van der Waals surface area contributed by atoms with Gasteiger partial charge in [0.1, 0.15) is 23.3 Å². The minimum atomic E-state index is -0.975. The van der Waals surface area contributed by atoms with Gasteiger partial charge in [-0.1, -0.05) is 18.2 Å². The molecule has 9 heteroatoms. The molecule has 0 aliphatic carbocycles. The van der Waals surface area contributed by atoms with Gasteiger partial charge >= 0.3 is 6.03 Å². The maximum absolute atomic E-state index is 14.7. The molecule has 35 heavy (non-hydrogen) atoms. The minimum Gasteiger partial charge on any atom is -0.321 e. The van der Waals surface area contributed by atoms with Gasteiger partial charge in [-0.3, -0.25) is 9.89 Å². The van der Waals surface area contributed by atoms with Crippen molar-refractivity contribution in [2.45, 2.75) is 39.4 Å². The Hall–Kier alpha value is -3.46. The molecule has 2 heterocycles. The van der Waals surface area contributed by atoms with Crippen LogP contribution in [-0.4, -0.2) is 30.2 Å². The smallest absolute Gasteiger partial charge is 0.321 e. The standard InChI is InChI=1S/C26H26F4N4O/c1-15-5-4-6-21(28)24(32-15)14-34-25-9-17(7-8-19(25)16(2)33(3)26(34)35)12-31-13-20-22(29)10-18(27)11-23(20)30/h5-11,16,31H,4,12-14H2,1-3H3. The van der Waals surface area contributed by atoms with Crippen LogP contribution in [0.3, 0.4) is 0 Å². The van der Waals surface area contributed by atoms with Crippen LogP contribution in [-0.2, 0) is 13.1 Å². The van der Waals surface area contributed by atoms with E-state index in [-0.39, 0.29) is 43.0 Å². The van der Waals surface area contributed by atoms with Gasteiger partial charge in [0.05, 0.1) is 24.0 Å². The van der Waals surface area contributed by atoms with Gasteiger partial charge in [0.25, 0.3) is 0 Å². The molecule has 184 valence electrons. The first-order valence-electron chi connectivity index (χ1n) is 11.3. The molecule has 0 saturated heterocycles. The van der Waals surface area contributed by atoms with Gasteiger partial charge in [0, 0.05) is 43.5 Å². The summed E-state index contributed by atoms with van der Waals surface area (Å²) in [4.78, 5) is 20.6. The van der Waals surface area contributed by atoms with Crippen molar-refractivity contribution >= 4 is 17.4 Å². The number of halogens is 4. The number of anilines is 1. The number of hydrogen-bond acceptors (Lipinski definition) is 3. The number of aliphatic imine (C=N–C) groups is 1. The highest BCUT2D eigenvalue weighted by Gasteiger charge is 2.34. The van der Waals surface area contributed by atoms with Crippen LogP contribution in [0.4, 0.5) is 28.0 Å². The molecule has 0 spiro atoms. The van der Waals surface area contributed by atoms with E-state index in [0.29, 0.717) is 29.9 Å². The van der Waals surface area contributed by atoms with Crippen molar-refractivity contribution in [3.8, 4) is 0 Å². The molecule has 2 aliphatic heterocycles. The third-order valence-electron chi connectivity index (χ3n) is 6.29. The van der Waals surface area contributed by atoms with Crippen molar-refractivity contribution in [1.82, 2.24) is 10.2 Å². The predicted molar refractivity (Wildman–Crippen MR) is 127 cm³/mol. The van der Waals surface area contributed by atoms with Gasteiger partial charge < -0.3 is 10.2 Å². The Kier molecular flexibility index (Phi) is 7.07. The third kappa shape index (κ3) is 5.14. The Morgan fingerprint density at radius 2 is 1.77 bits per heavy atom. The molecule has 2 aromatic carbocycles. The summed E-state index contributed by atoms with van der Waals surface area (Å²) in [6.45, 7) is 3.74. The lowest BCUT2D eigenvalue weighted by molar-refractivity contribution is 0.198. The quantitative estimate of drug-likeness (QED) is 0.515. The fourth-order valence-corrected chi connectivity index (χ4v) is 4.20. The molecule has 5 nitrogen and oxygen atoms in total. The van der Waals surface area contributed by atoms with Crippen LogP contribution in [0.15, 0.2) is 59.0 Å². The zero-order chi connectivity index (χ0) is 25.3. The molecule has 2 amide bonds. The van der Waals surface area contributed by atoms with Crippen LogP contribution in [0.5, 0.6) is 0 Å². The number of urea groups is 1. The molecule has 2 aliphatic rings. The lowest BCUT2D eigenvalue weighted by Gasteiger charge is -2.39. The van der Waals surface area contributed by atoms with Crippen LogP contribution in [0.2, 0.25) is 0 Å². The summed E-state index contributed by atoms with van der Waals surface area (Å²) >= 11 is 0. The molecule has 0 bridgehead atoms. The monoisotopic (exact) mass is 486 g/mol. The first-order valence-corrected chi connectivity index (χ1v) is 11.3. The number of nitrogens with one attached hydrogen (secondary N) is 1. The average Bonchev–Trinajstić information content (AvgIpc) is 2.96. The SMILES string of the molecule is CC1=CCC=C(F)C(CN2C(=O)N(C)C(C)c3ccc(CNCc4c(F)cc(F)cc4F)cc32)=N1. The van der Waals surface area contributed by atoms with Crippen LogP contribution in [0.1, 0.15) is 43.0 Å². The van der Waals surface area contributed by atoms with Crippen LogP contribution in [0, 0.1) is 17.5 Å². The average molecular weight is 487 g/mol. The molecule has 0 saturated carbocycles. The Labute approximate surface area is 201 Å². The lowest BCUT2D eigenvalue weighted by atomic mass is 9.98. The number of nitrogens with zero attached hydrogens (tertiary/aromatic N) is 3. The predicted octanol–water partition coefficient (Wildman–Crippen LogP) is 5.93. The van der Waals surface area contributed by atoms with E-state index in [1.54, 1.807) is 18.9 Å². The molecule has 2 aromatic rings. The highest BCUT2D eigenvalue weighted by molar-refractivity contribution is 6.08. The van der Waals surface area contributed by atoms with E-state index in [4.69, 9.17) is 0 Å². The Morgan fingerprint density at radius 1 is 1.06 bits per heavy atom. The number of amides is 2. The van der Waals surface area contributed by atoms with Crippen molar-refractivity contribution in [3.63, 3.8) is 0 Å². The van der Waals surface area contributed by atoms with E-state index < -0.39 is 23.3 Å². The van der Waals surface area contributed by atoms with Crippen molar-refractivity contribution in [2.75, 3.05) is 18.5 Å². The molecule has 0 aromatic heterocycles. The summed E-state index contributed by atoms with van der Waals surface area (Å²) in [5.74, 6) is -3.36. The van der Waals surface area contributed by atoms with Gasteiger partial charge in [-0.05, 0) is 43.5 Å². The van der Waals surface area contributed by atoms with E-state index >= 15 is 0 Å². The van der Waals surface area contributed by atoms with Crippen molar-refractivity contribution < 1.29 is 22.4 Å². The fourth-order valence-electron chi connectivity index (χ4n) is 4.20. The molecular formula is C26H26F4N4O. The zero-order valence-electron chi connectivity index (χ0n) is 19.7. The van der Waals surface area contributed by atoms with Gasteiger partial charge in [-0.2, -0.15) is 0 Å². The topological polar surface area (TPSA) is 47.9 Å². The number of rotatable bonds is 6. The summed E-state index contributed by atoms with van der Waals surface area (Å²) in [7, 11) is 1.69. The maximum atomic E-state index is 14.7. The fraction of sp³-hybridized carbons (Fsp3) is 0.308. The summed E-state index contributed by atoms with van der Waals surface area (Å²) in [5, 5.41) is 2.96. The van der Waals surface area contributed by atoms with Gasteiger partial charge in [-0.15, -0.1) is 0 Å². The highest BCUT2D eigenvalue weighted by Crippen LogP contribution is 2.36. The van der Waals surface area contributed by atoms with Gasteiger partial charge in [0.2, 0.25) is 0 Å². The second-order valence-corrected chi connectivity index (χ2v) is 8.69. The Balaban J connectivity index is 1.59. The number of allylic oxidation sites excluding steroid dienone is 3. The summed E-state index contributed by atoms with van der Waals surface area (Å²) in [5.41, 5.74) is 2.86. The van der Waals surface area contributed by atoms with Crippen molar-refractivity contribution in [3.05, 3.63) is 88.1 Å². The molecular weight excluding hydrogens is 460 g/mol. The largest absolute Gasteiger partial charge is 0.325 e. The molecule has 0 fully saturated rings. The van der Waals surface area contributed by atoms with Crippen LogP contribution < -0.4 is 10.2 Å². The molecule has 1 atom stereocenters. The lowest BCUT2D eigenvalue weighted by Crippen LogP contribution is -2.49. The van der Waals surface area contributed by atoms with Crippen molar-refractivity contribution in [2.24, 2.45) is 4.99 Å². The first-order chi connectivity index (χ1) is 16.7. The first kappa shape index (κ1) is 24.7. The van der Waals surface area contributed by atoms with Gasteiger partial charge in [-0.25, -0.2) is 22.4 Å². The van der Waals surface area contributed by atoms with E-state index in [9.17, 15) is 22.4 Å². The van der Waals surface area contributed by atoms with Crippen LogP contribution >= 0.6 is 0 Å². The number of fused-ring (bicyclic) bond motifs is 1. The van der Waals surface area contributed by atoms with Crippen LogP contribution in [0.25, 0.3) is 0 Å². The summed E-state index contributed by atoms with van der Waals surface area (Å²) < 4.78 is 55.7. The second kappa shape index (κ2) is 10.0. The molecule has 1 unspecified atom stereocenters.